The molecule has 166 valence electrons. The summed E-state index contributed by atoms with van der Waals surface area (Å²) >= 11 is 0. The zero-order chi connectivity index (χ0) is 21.6. The Morgan fingerprint density at radius 2 is 1.94 bits per heavy atom. The van der Waals surface area contributed by atoms with Gasteiger partial charge in [-0.3, -0.25) is 4.57 Å². The van der Waals surface area contributed by atoms with Crippen molar-refractivity contribution in [2.75, 3.05) is 45.7 Å². The molecular weight excluding hydrogens is 396 g/mol. The molecular formula is C22H30N6O3. The highest BCUT2D eigenvalue weighted by molar-refractivity contribution is 5.81. The lowest BCUT2D eigenvalue weighted by molar-refractivity contribution is 0.141. The minimum absolute atomic E-state index is 0.130. The zero-order valence-corrected chi connectivity index (χ0v) is 18.0. The SMILES string of the molecule is COCCOc1nc(N)c2[nH]c(=O)n(Cc3cccc(CCN4CCCCC4)c3)c2n1. The normalized spacial score (nSPS) is 14.9. The van der Waals surface area contributed by atoms with E-state index < -0.39 is 0 Å². The van der Waals surface area contributed by atoms with Gasteiger partial charge in [-0.2, -0.15) is 9.97 Å². The maximum absolute atomic E-state index is 12.6. The number of nitrogens with zero attached hydrogens (tertiary/aromatic N) is 4. The number of H-pyrrole nitrogens is 1. The number of piperidine rings is 1. The number of rotatable bonds is 9. The largest absolute Gasteiger partial charge is 0.461 e. The van der Waals surface area contributed by atoms with Crippen molar-refractivity contribution >= 4 is 17.0 Å². The van der Waals surface area contributed by atoms with Gasteiger partial charge in [0.15, 0.2) is 11.5 Å². The zero-order valence-electron chi connectivity index (χ0n) is 18.0. The molecule has 1 aliphatic rings. The molecule has 3 N–H and O–H groups in total. The number of nitrogens with one attached hydrogen (secondary N) is 1. The first-order valence-corrected chi connectivity index (χ1v) is 10.8. The number of nitrogens with two attached hydrogens (primary N) is 1. The van der Waals surface area contributed by atoms with Gasteiger partial charge in [-0.15, -0.1) is 0 Å². The van der Waals surface area contributed by atoms with Crippen molar-refractivity contribution in [2.45, 2.75) is 32.2 Å². The van der Waals surface area contributed by atoms with Crippen molar-refractivity contribution < 1.29 is 9.47 Å². The number of benzene rings is 1. The number of hydrogen-bond donors (Lipinski definition) is 2. The van der Waals surface area contributed by atoms with Crippen LogP contribution in [0.3, 0.4) is 0 Å². The maximum atomic E-state index is 12.6. The molecule has 3 aromatic rings. The Morgan fingerprint density at radius 1 is 1.13 bits per heavy atom. The molecule has 9 heteroatoms. The number of ether oxygens (including phenoxy) is 2. The highest BCUT2D eigenvalue weighted by Gasteiger charge is 2.15. The van der Waals surface area contributed by atoms with Crippen LogP contribution < -0.4 is 16.2 Å². The molecule has 4 rings (SSSR count). The van der Waals surface area contributed by atoms with Crippen LogP contribution in [0.1, 0.15) is 30.4 Å². The molecule has 0 saturated carbocycles. The highest BCUT2D eigenvalue weighted by Crippen LogP contribution is 2.19. The van der Waals surface area contributed by atoms with Gasteiger partial charge in [0.1, 0.15) is 12.1 Å². The van der Waals surface area contributed by atoms with E-state index in [9.17, 15) is 4.79 Å². The summed E-state index contributed by atoms with van der Waals surface area (Å²) in [5, 5.41) is 0. The predicted molar refractivity (Wildman–Crippen MR) is 119 cm³/mol. The highest BCUT2D eigenvalue weighted by atomic mass is 16.5. The first kappa shape index (κ1) is 21.3. The molecule has 9 nitrogen and oxygen atoms in total. The molecule has 0 aliphatic carbocycles. The van der Waals surface area contributed by atoms with Crippen molar-refractivity contribution in [3.8, 4) is 6.01 Å². The van der Waals surface area contributed by atoms with Crippen LogP contribution in [0.5, 0.6) is 6.01 Å². The molecule has 31 heavy (non-hydrogen) atoms. The van der Waals surface area contributed by atoms with Crippen LogP contribution in [0.25, 0.3) is 11.2 Å². The van der Waals surface area contributed by atoms with Crippen molar-refractivity contribution in [1.82, 2.24) is 24.4 Å². The van der Waals surface area contributed by atoms with Crippen LogP contribution in [0.4, 0.5) is 5.82 Å². The van der Waals surface area contributed by atoms with Crippen LogP contribution in [-0.2, 0) is 17.7 Å². The van der Waals surface area contributed by atoms with E-state index in [-0.39, 0.29) is 17.5 Å². The summed E-state index contributed by atoms with van der Waals surface area (Å²) in [4.78, 5) is 26.4. The van der Waals surface area contributed by atoms with Crippen LogP contribution in [0.2, 0.25) is 0 Å². The Hall–Kier alpha value is -2.91. The molecule has 0 radical (unpaired) electrons. The van der Waals surface area contributed by atoms with Gasteiger partial charge >= 0.3 is 11.7 Å². The molecule has 1 saturated heterocycles. The van der Waals surface area contributed by atoms with E-state index in [1.165, 1.54) is 37.9 Å². The average Bonchev–Trinajstić information content (AvgIpc) is 3.09. The molecule has 0 atom stereocenters. The van der Waals surface area contributed by atoms with E-state index in [0.29, 0.717) is 30.9 Å². The minimum atomic E-state index is -0.274. The van der Waals surface area contributed by atoms with Crippen LogP contribution in [-0.4, -0.2) is 64.4 Å². The van der Waals surface area contributed by atoms with Crippen LogP contribution >= 0.6 is 0 Å². The molecule has 2 aromatic heterocycles. The third-order valence-corrected chi connectivity index (χ3v) is 5.65. The number of likely N-dealkylation sites (tertiary alicyclic amines) is 1. The Balaban J connectivity index is 1.52. The summed E-state index contributed by atoms with van der Waals surface area (Å²) in [6.07, 6.45) is 4.94. The molecule has 0 spiro atoms. The fourth-order valence-corrected chi connectivity index (χ4v) is 3.99. The Morgan fingerprint density at radius 3 is 2.74 bits per heavy atom. The van der Waals surface area contributed by atoms with Crippen molar-refractivity contribution in [3.63, 3.8) is 0 Å². The summed E-state index contributed by atoms with van der Waals surface area (Å²) < 4.78 is 12.0. The van der Waals surface area contributed by atoms with E-state index in [2.05, 4.69) is 32.0 Å². The lowest BCUT2D eigenvalue weighted by Gasteiger charge is -2.26. The van der Waals surface area contributed by atoms with Gasteiger partial charge in [0.25, 0.3) is 0 Å². The lowest BCUT2D eigenvalue weighted by Crippen LogP contribution is -2.31. The molecule has 1 fully saturated rings. The first-order chi connectivity index (χ1) is 15.1. The maximum Gasteiger partial charge on any atom is 0.328 e. The number of fused-ring (bicyclic) bond motifs is 1. The molecule has 1 aliphatic heterocycles. The van der Waals surface area contributed by atoms with E-state index in [1.54, 1.807) is 11.7 Å². The molecule has 1 aromatic carbocycles. The van der Waals surface area contributed by atoms with Crippen LogP contribution in [0, 0.1) is 0 Å². The molecule has 0 bridgehead atoms. The second-order valence-corrected chi connectivity index (χ2v) is 7.92. The fourth-order valence-electron chi connectivity index (χ4n) is 3.99. The summed E-state index contributed by atoms with van der Waals surface area (Å²) in [7, 11) is 1.59. The van der Waals surface area contributed by atoms with Gasteiger partial charge in [-0.25, -0.2) is 4.79 Å². The van der Waals surface area contributed by atoms with E-state index in [1.807, 2.05) is 12.1 Å². The number of aromatic amines is 1. The topological polar surface area (TPSA) is 111 Å². The van der Waals surface area contributed by atoms with E-state index in [0.717, 1.165) is 18.5 Å². The number of anilines is 1. The minimum Gasteiger partial charge on any atom is -0.461 e. The summed E-state index contributed by atoms with van der Waals surface area (Å²) in [5.74, 6) is 0.184. The van der Waals surface area contributed by atoms with Gasteiger partial charge in [0, 0.05) is 13.7 Å². The van der Waals surface area contributed by atoms with E-state index >= 15 is 0 Å². The van der Waals surface area contributed by atoms with Gasteiger partial charge in [0.05, 0.1) is 13.2 Å². The molecule has 3 heterocycles. The number of aromatic nitrogens is 4. The average molecular weight is 427 g/mol. The van der Waals surface area contributed by atoms with Crippen LogP contribution in [0.15, 0.2) is 29.1 Å². The van der Waals surface area contributed by atoms with Crippen molar-refractivity contribution in [1.29, 1.82) is 0 Å². The quantitative estimate of drug-likeness (QED) is 0.502. The number of hydrogen-bond acceptors (Lipinski definition) is 7. The third kappa shape index (κ3) is 5.23. The van der Waals surface area contributed by atoms with Crippen molar-refractivity contribution in [2.24, 2.45) is 0 Å². The monoisotopic (exact) mass is 426 g/mol. The summed E-state index contributed by atoms with van der Waals surface area (Å²) in [6, 6.07) is 8.51. The smallest absolute Gasteiger partial charge is 0.328 e. The molecule has 0 unspecified atom stereocenters. The van der Waals surface area contributed by atoms with Gasteiger partial charge < -0.3 is 25.1 Å². The third-order valence-electron chi connectivity index (χ3n) is 5.65. The van der Waals surface area contributed by atoms with E-state index in [4.69, 9.17) is 15.2 Å². The lowest BCUT2D eigenvalue weighted by atomic mass is 10.1. The fraction of sp³-hybridized carbons (Fsp3) is 0.500. The van der Waals surface area contributed by atoms with Gasteiger partial charge in [-0.05, 0) is 43.5 Å². The summed E-state index contributed by atoms with van der Waals surface area (Å²) in [6.45, 7) is 4.56. The number of imidazole rings is 1. The number of methoxy groups -OCH3 is 1. The molecule has 0 amide bonds. The first-order valence-electron chi connectivity index (χ1n) is 10.8. The second-order valence-electron chi connectivity index (χ2n) is 7.92. The standard InChI is InChI=1S/C22H30N6O3/c1-30-12-13-31-21-25-19(23)18-20(26-21)28(22(29)24-18)15-17-7-5-6-16(14-17)8-11-27-9-3-2-4-10-27/h5-7,14H,2-4,8-13,15H2,1H3,(H,24,29)(H2,23,25,26). The Labute approximate surface area is 181 Å². The van der Waals surface area contributed by atoms with Gasteiger partial charge in [-0.1, -0.05) is 30.7 Å². The van der Waals surface area contributed by atoms with Crippen molar-refractivity contribution in [3.05, 3.63) is 45.9 Å². The summed E-state index contributed by atoms with van der Waals surface area (Å²) in [5.41, 5.74) is 8.91. The predicted octanol–water partition coefficient (Wildman–Crippen LogP) is 1.80. The second kappa shape index (κ2) is 9.93. The Kier molecular flexibility index (Phi) is 6.83. The van der Waals surface area contributed by atoms with Gasteiger partial charge in [0.2, 0.25) is 0 Å². The Bertz CT molecular complexity index is 1070. The number of nitrogen functional groups attached to an aromatic ring is 1.